The number of hydrogen-bond acceptors (Lipinski definition) is 3. The Kier molecular flexibility index (Phi) is 12.9. The summed E-state index contributed by atoms with van der Waals surface area (Å²) in [7, 11) is 0. The molecule has 2 aromatic rings. The Bertz CT molecular complexity index is 483. The third-order valence-corrected chi connectivity index (χ3v) is 2.98. The molecule has 1 aromatic heterocycles. The zero-order valence-corrected chi connectivity index (χ0v) is 15.3. The molecule has 1 heterocycles. The summed E-state index contributed by atoms with van der Waals surface area (Å²) >= 11 is 0. The van der Waals surface area contributed by atoms with Gasteiger partial charge in [-0.25, -0.2) is 0 Å². The van der Waals surface area contributed by atoms with Gasteiger partial charge in [0.15, 0.2) is 0 Å². The van der Waals surface area contributed by atoms with E-state index in [0.29, 0.717) is 13.2 Å². The normalized spacial score (nSPS) is 10.7. The fraction of sp³-hybridized carbons (Fsp3) is 0.450. The first kappa shape index (κ1) is 21.3. The van der Waals surface area contributed by atoms with Crippen molar-refractivity contribution in [1.82, 2.24) is 4.98 Å². The van der Waals surface area contributed by atoms with Gasteiger partial charge in [0, 0.05) is 18.4 Å². The first-order valence-corrected chi connectivity index (χ1v) is 8.37. The van der Waals surface area contributed by atoms with E-state index in [1.807, 2.05) is 58.3 Å². The van der Waals surface area contributed by atoms with Crippen LogP contribution in [-0.4, -0.2) is 17.6 Å². The Balaban J connectivity index is 0.000000414. The van der Waals surface area contributed by atoms with Gasteiger partial charge in [0.05, 0.1) is 13.2 Å². The standard InChI is InChI=1S/C11H17NO.C7H9N.C2H6/c1-2-11(12)9-13-8-10-6-4-3-5-7-10;1-6-3-7(2)5-8-4-6;1-2/h3-7,11H,2,8-9,12H2,1H3;3-5H,1-2H3;1-2H3. The van der Waals surface area contributed by atoms with E-state index in [4.69, 9.17) is 10.5 Å². The van der Waals surface area contributed by atoms with Crippen LogP contribution in [0.15, 0.2) is 48.8 Å². The van der Waals surface area contributed by atoms with Crippen LogP contribution < -0.4 is 5.73 Å². The van der Waals surface area contributed by atoms with E-state index >= 15 is 0 Å². The van der Waals surface area contributed by atoms with Gasteiger partial charge in [-0.2, -0.15) is 0 Å². The van der Waals surface area contributed by atoms with Crippen molar-refractivity contribution in [3.63, 3.8) is 0 Å². The molecule has 2 N–H and O–H groups in total. The highest BCUT2D eigenvalue weighted by Crippen LogP contribution is 2.01. The van der Waals surface area contributed by atoms with E-state index in [1.165, 1.54) is 16.7 Å². The molecule has 1 unspecified atom stereocenters. The maximum absolute atomic E-state index is 5.71. The number of aryl methyl sites for hydroxylation is 2. The van der Waals surface area contributed by atoms with Gasteiger partial charge in [0.25, 0.3) is 0 Å². The SMILES string of the molecule is CC.CCC(N)COCc1ccccc1.Cc1cncc(C)c1. The Morgan fingerprint density at radius 1 is 1.04 bits per heavy atom. The van der Waals surface area contributed by atoms with Crippen molar-refractivity contribution >= 4 is 0 Å². The maximum atomic E-state index is 5.71. The van der Waals surface area contributed by atoms with Crippen molar-refractivity contribution in [2.45, 2.75) is 53.7 Å². The summed E-state index contributed by atoms with van der Waals surface area (Å²) < 4.78 is 5.45. The summed E-state index contributed by atoms with van der Waals surface area (Å²) in [6, 6.07) is 12.4. The van der Waals surface area contributed by atoms with Gasteiger partial charge in [-0.1, -0.05) is 57.2 Å². The monoisotopic (exact) mass is 316 g/mol. The minimum Gasteiger partial charge on any atom is -0.375 e. The number of nitrogens with zero attached hydrogens (tertiary/aromatic N) is 1. The second-order valence-electron chi connectivity index (χ2n) is 5.21. The van der Waals surface area contributed by atoms with Gasteiger partial charge >= 0.3 is 0 Å². The second kappa shape index (κ2) is 13.9. The Hall–Kier alpha value is -1.71. The Labute approximate surface area is 141 Å². The number of nitrogens with two attached hydrogens (primary N) is 1. The molecule has 3 heteroatoms. The van der Waals surface area contributed by atoms with E-state index in [9.17, 15) is 0 Å². The fourth-order valence-electron chi connectivity index (χ4n) is 1.73. The first-order valence-electron chi connectivity index (χ1n) is 8.37. The molecular formula is C20H32N2O. The van der Waals surface area contributed by atoms with E-state index < -0.39 is 0 Å². The van der Waals surface area contributed by atoms with Crippen molar-refractivity contribution in [2.24, 2.45) is 5.73 Å². The van der Waals surface area contributed by atoms with E-state index in [-0.39, 0.29) is 6.04 Å². The number of ether oxygens (including phenoxy) is 1. The lowest BCUT2D eigenvalue weighted by molar-refractivity contribution is 0.107. The van der Waals surface area contributed by atoms with Crippen molar-refractivity contribution in [3.8, 4) is 0 Å². The van der Waals surface area contributed by atoms with Crippen LogP contribution in [0.3, 0.4) is 0 Å². The third-order valence-electron chi connectivity index (χ3n) is 2.98. The lowest BCUT2D eigenvalue weighted by Gasteiger charge is -2.09. The quantitative estimate of drug-likeness (QED) is 0.872. The average molecular weight is 316 g/mol. The molecule has 0 fully saturated rings. The van der Waals surface area contributed by atoms with Crippen LogP contribution in [-0.2, 0) is 11.3 Å². The molecule has 0 saturated heterocycles. The van der Waals surface area contributed by atoms with E-state index in [2.05, 4.69) is 30.1 Å². The third kappa shape index (κ3) is 11.5. The van der Waals surface area contributed by atoms with Gasteiger partial charge in [-0.3, -0.25) is 4.98 Å². The van der Waals surface area contributed by atoms with Crippen LogP contribution >= 0.6 is 0 Å². The minimum atomic E-state index is 0.170. The van der Waals surface area contributed by atoms with Gasteiger partial charge < -0.3 is 10.5 Å². The zero-order chi connectivity index (χ0) is 17.5. The summed E-state index contributed by atoms with van der Waals surface area (Å²) in [6.45, 7) is 11.5. The molecule has 0 radical (unpaired) electrons. The van der Waals surface area contributed by atoms with Gasteiger partial charge in [0.1, 0.15) is 0 Å². The van der Waals surface area contributed by atoms with Crippen molar-refractivity contribution < 1.29 is 4.74 Å². The summed E-state index contributed by atoms with van der Waals surface area (Å²) in [6.07, 6.45) is 4.68. The number of benzene rings is 1. The molecule has 2 rings (SSSR count). The number of aromatic nitrogens is 1. The summed E-state index contributed by atoms with van der Waals surface area (Å²) in [5.74, 6) is 0. The van der Waals surface area contributed by atoms with Crippen LogP contribution in [0.2, 0.25) is 0 Å². The lowest BCUT2D eigenvalue weighted by Crippen LogP contribution is -2.24. The summed E-state index contributed by atoms with van der Waals surface area (Å²) in [5.41, 5.74) is 9.37. The molecule has 0 aliphatic rings. The molecule has 0 bridgehead atoms. The van der Waals surface area contributed by atoms with Crippen molar-refractivity contribution in [3.05, 3.63) is 65.5 Å². The molecule has 0 saturated carbocycles. The topological polar surface area (TPSA) is 48.1 Å². The maximum Gasteiger partial charge on any atom is 0.0717 e. The van der Waals surface area contributed by atoms with E-state index in [1.54, 1.807) is 0 Å². The molecule has 23 heavy (non-hydrogen) atoms. The predicted octanol–water partition coefficient (Wildman–Crippen LogP) is 4.67. The molecule has 0 amide bonds. The highest BCUT2D eigenvalue weighted by atomic mass is 16.5. The second-order valence-corrected chi connectivity index (χ2v) is 5.21. The fourth-order valence-corrected chi connectivity index (χ4v) is 1.73. The lowest BCUT2D eigenvalue weighted by atomic mass is 10.2. The molecule has 0 spiro atoms. The minimum absolute atomic E-state index is 0.170. The van der Waals surface area contributed by atoms with Crippen LogP contribution in [0.1, 0.15) is 43.9 Å². The van der Waals surface area contributed by atoms with Crippen LogP contribution in [0.25, 0.3) is 0 Å². The zero-order valence-electron chi connectivity index (χ0n) is 15.3. The average Bonchev–Trinajstić information content (AvgIpc) is 2.58. The number of pyridine rings is 1. The smallest absolute Gasteiger partial charge is 0.0717 e. The Morgan fingerprint density at radius 3 is 2.04 bits per heavy atom. The van der Waals surface area contributed by atoms with Crippen LogP contribution in [0.4, 0.5) is 0 Å². The number of hydrogen-bond donors (Lipinski definition) is 1. The molecular weight excluding hydrogens is 284 g/mol. The van der Waals surface area contributed by atoms with Crippen molar-refractivity contribution in [1.29, 1.82) is 0 Å². The van der Waals surface area contributed by atoms with Gasteiger partial charge in [0.2, 0.25) is 0 Å². The summed E-state index contributed by atoms with van der Waals surface area (Å²) in [5, 5.41) is 0. The highest BCUT2D eigenvalue weighted by molar-refractivity contribution is 5.14. The van der Waals surface area contributed by atoms with Crippen LogP contribution in [0.5, 0.6) is 0 Å². The molecule has 0 aliphatic heterocycles. The molecule has 0 aliphatic carbocycles. The Morgan fingerprint density at radius 2 is 1.61 bits per heavy atom. The predicted molar refractivity (Wildman–Crippen MR) is 99.4 cm³/mol. The molecule has 1 atom stereocenters. The first-order chi connectivity index (χ1) is 11.1. The molecule has 3 nitrogen and oxygen atoms in total. The molecule has 128 valence electrons. The highest BCUT2D eigenvalue weighted by Gasteiger charge is 1.98. The van der Waals surface area contributed by atoms with Crippen LogP contribution in [0, 0.1) is 13.8 Å². The molecule has 1 aromatic carbocycles. The van der Waals surface area contributed by atoms with Gasteiger partial charge in [-0.15, -0.1) is 0 Å². The van der Waals surface area contributed by atoms with Crippen molar-refractivity contribution in [2.75, 3.05) is 6.61 Å². The van der Waals surface area contributed by atoms with Gasteiger partial charge in [-0.05, 0) is 37.0 Å². The largest absolute Gasteiger partial charge is 0.375 e. The number of rotatable bonds is 5. The summed E-state index contributed by atoms with van der Waals surface area (Å²) in [4.78, 5) is 3.98. The van der Waals surface area contributed by atoms with E-state index in [0.717, 1.165) is 6.42 Å².